The molecule has 2 aromatic rings. The third kappa shape index (κ3) is 3.47. The van der Waals surface area contributed by atoms with E-state index in [1.165, 1.54) is 21.7 Å². The molecule has 0 radical (unpaired) electrons. The van der Waals surface area contributed by atoms with Gasteiger partial charge in [-0.25, -0.2) is 4.98 Å². The van der Waals surface area contributed by atoms with Gasteiger partial charge in [-0.05, 0) is 36.6 Å². The van der Waals surface area contributed by atoms with Gasteiger partial charge < -0.3 is 5.32 Å². The summed E-state index contributed by atoms with van der Waals surface area (Å²) < 4.78 is 0. The molecule has 0 aliphatic carbocycles. The summed E-state index contributed by atoms with van der Waals surface area (Å²) in [6.07, 6.45) is 0.999. The van der Waals surface area contributed by atoms with Gasteiger partial charge in [-0.1, -0.05) is 32.9 Å². The van der Waals surface area contributed by atoms with Gasteiger partial charge in [0, 0.05) is 23.9 Å². The molecule has 0 aliphatic heterocycles. The Labute approximate surface area is 126 Å². The summed E-state index contributed by atoms with van der Waals surface area (Å²) in [6.45, 7) is 9.89. The lowest BCUT2D eigenvalue weighted by Crippen LogP contribution is -2.11. The quantitative estimate of drug-likeness (QED) is 0.913. The molecule has 3 heteroatoms. The Balaban J connectivity index is 2.34. The molecule has 2 rings (SSSR count). The van der Waals surface area contributed by atoms with Gasteiger partial charge in [0.15, 0.2) is 0 Å². The summed E-state index contributed by atoms with van der Waals surface area (Å²) in [7, 11) is 1.98. The summed E-state index contributed by atoms with van der Waals surface area (Å²) in [5.41, 5.74) is 5.22. The number of thiazole rings is 1. The molecule has 0 unspecified atom stereocenters. The molecule has 0 aliphatic rings. The lowest BCUT2D eigenvalue weighted by molar-refractivity contribution is 0.590. The largest absolute Gasteiger partial charge is 0.319 e. The van der Waals surface area contributed by atoms with Crippen LogP contribution in [0.3, 0.4) is 0 Å². The van der Waals surface area contributed by atoms with Gasteiger partial charge >= 0.3 is 0 Å². The van der Waals surface area contributed by atoms with Crippen LogP contribution < -0.4 is 5.32 Å². The van der Waals surface area contributed by atoms with Crippen molar-refractivity contribution >= 4 is 11.3 Å². The maximum atomic E-state index is 4.78. The van der Waals surface area contributed by atoms with Crippen molar-refractivity contribution < 1.29 is 0 Å². The van der Waals surface area contributed by atoms with Crippen LogP contribution in [0.2, 0.25) is 0 Å². The van der Waals surface area contributed by atoms with Crippen LogP contribution in [0.1, 0.15) is 36.9 Å². The van der Waals surface area contributed by atoms with E-state index in [-0.39, 0.29) is 5.41 Å². The second-order valence-electron chi connectivity index (χ2n) is 6.26. The van der Waals surface area contributed by atoms with Crippen molar-refractivity contribution in [2.75, 3.05) is 13.6 Å². The molecule has 1 N–H and O–H groups in total. The molecule has 1 heterocycles. The highest BCUT2D eigenvalue weighted by Crippen LogP contribution is 2.30. The molecule has 0 bridgehead atoms. The maximum Gasteiger partial charge on any atom is 0.0945 e. The fraction of sp³-hybridized carbons (Fsp3) is 0.471. The number of nitrogens with one attached hydrogen (secondary N) is 1. The molecule has 20 heavy (non-hydrogen) atoms. The maximum absolute atomic E-state index is 4.78. The van der Waals surface area contributed by atoms with E-state index < -0.39 is 0 Å². The number of aryl methyl sites for hydroxylation is 1. The fourth-order valence-electron chi connectivity index (χ4n) is 2.15. The molecule has 2 nitrogen and oxygen atoms in total. The van der Waals surface area contributed by atoms with Crippen molar-refractivity contribution in [2.24, 2.45) is 0 Å². The molecule has 0 spiro atoms. The third-order valence-corrected chi connectivity index (χ3v) is 4.43. The van der Waals surface area contributed by atoms with Gasteiger partial charge in [0.05, 0.1) is 10.7 Å². The molecule has 1 aromatic heterocycles. The third-order valence-electron chi connectivity index (χ3n) is 3.52. The van der Waals surface area contributed by atoms with Crippen LogP contribution in [-0.2, 0) is 11.8 Å². The highest BCUT2D eigenvalue weighted by Gasteiger charge is 2.16. The van der Waals surface area contributed by atoms with Gasteiger partial charge in [0.1, 0.15) is 0 Å². The summed E-state index contributed by atoms with van der Waals surface area (Å²) in [5.74, 6) is 0. The minimum Gasteiger partial charge on any atom is -0.319 e. The molecule has 0 amide bonds. The number of likely N-dealkylation sites (N-methyl/N-ethyl adjacent to an activating group) is 1. The van der Waals surface area contributed by atoms with Crippen molar-refractivity contribution in [3.8, 4) is 11.3 Å². The zero-order valence-electron chi connectivity index (χ0n) is 13.1. The first-order valence-electron chi connectivity index (χ1n) is 7.12. The summed E-state index contributed by atoms with van der Waals surface area (Å²) >= 11 is 1.76. The average molecular weight is 288 g/mol. The zero-order chi connectivity index (χ0) is 14.8. The fourth-order valence-corrected chi connectivity index (χ4v) is 2.94. The smallest absolute Gasteiger partial charge is 0.0945 e. The first kappa shape index (κ1) is 15.2. The van der Waals surface area contributed by atoms with Gasteiger partial charge in [-0.3, -0.25) is 0 Å². The second-order valence-corrected chi connectivity index (χ2v) is 7.20. The molecular formula is C17H24N2S. The number of rotatable bonds is 4. The van der Waals surface area contributed by atoms with E-state index >= 15 is 0 Å². The second kappa shape index (κ2) is 6.06. The zero-order valence-corrected chi connectivity index (χ0v) is 13.9. The Kier molecular flexibility index (Phi) is 4.61. The predicted molar refractivity (Wildman–Crippen MR) is 88.6 cm³/mol. The molecule has 108 valence electrons. The first-order valence-corrected chi connectivity index (χ1v) is 8.00. The highest BCUT2D eigenvalue weighted by atomic mass is 32.1. The van der Waals surface area contributed by atoms with E-state index in [9.17, 15) is 0 Å². The molecule has 0 saturated heterocycles. The van der Waals surface area contributed by atoms with Crippen LogP contribution in [-0.4, -0.2) is 18.6 Å². The Morgan fingerprint density at radius 1 is 1.25 bits per heavy atom. The topological polar surface area (TPSA) is 24.9 Å². The molecule has 0 atom stereocenters. The van der Waals surface area contributed by atoms with Crippen LogP contribution in [0.25, 0.3) is 11.3 Å². The Hall–Kier alpha value is -1.19. The Morgan fingerprint density at radius 2 is 2.00 bits per heavy atom. The molecule has 1 aromatic carbocycles. The minimum atomic E-state index is 0.174. The molecular weight excluding hydrogens is 264 g/mol. The minimum absolute atomic E-state index is 0.174. The highest BCUT2D eigenvalue weighted by molar-refractivity contribution is 7.09. The van der Waals surface area contributed by atoms with E-state index in [2.05, 4.69) is 56.6 Å². The number of aromatic nitrogens is 1. The standard InChI is InChI=1S/C17H24N2S/c1-12-6-7-13(17(2,3)4)10-14(12)15-11-20-16(19-15)8-9-18-5/h6-7,10-11,18H,8-9H2,1-5H3. The van der Waals surface area contributed by atoms with Gasteiger partial charge in [0.25, 0.3) is 0 Å². The number of hydrogen-bond acceptors (Lipinski definition) is 3. The van der Waals surface area contributed by atoms with E-state index in [1.807, 2.05) is 7.05 Å². The Morgan fingerprint density at radius 3 is 2.65 bits per heavy atom. The summed E-state index contributed by atoms with van der Waals surface area (Å²) in [4.78, 5) is 4.78. The van der Waals surface area contributed by atoms with Gasteiger partial charge in [-0.2, -0.15) is 0 Å². The van der Waals surface area contributed by atoms with Crippen LogP contribution in [0.15, 0.2) is 23.6 Å². The van der Waals surface area contributed by atoms with E-state index in [0.717, 1.165) is 18.7 Å². The van der Waals surface area contributed by atoms with Crippen molar-refractivity contribution in [1.29, 1.82) is 0 Å². The molecule has 0 saturated carbocycles. The van der Waals surface area contributed by atoms with Crippen molar-refractivity contribution in [3.63, 3.8) is 0 Å². The first-order chi connectivity index (χ1) is 9.41. The van der Waals surface area contributed by atoms with Crippen LogP contribution in [0, 0.1) is 6.92 Å². The van der Waals surface area contributed by atoms with Crippen molar-refractivity contribution in [2.45, 2.75) is 39.5 Å². The summed E-state index contributed by atoms with van der Waals surface area (Å²) in [5, 5.41) is 6.56. The lowest BCUT2D eigenvalue weighted by Gasteiger charge is -2.20. The Bertz CT molecular complexity index is 579. The van der Waals surface area contributed by atoms with Crippen LogP contribution in [0.5, 0.6) is 0 Å². The van der Waals surface area contributed by atoms with Crippen molar-refractivity contribution in [1.82, 2.24) is 10.3 Å². The lowest BCUT2D eigenvalue weighted by atomic mass is 9.85. The summed E-state index contributed by atoms with van der Waals surface area (Å²) in [6, 6.07) is 6.74. The van der Waals surface area contributed by atoms with E-state index in [0.29, 0.717) is 0 Å². The van der Waals surface area contributed by atoms with Crippen molar-refractivity contribution in [3.05, 3.63) is 39.7 Å². The normalized spacial score (nSPS) is 11.8. The van der Waals surface area contributed by atoms with Crippen LogP contribution in [0.4, 0.5) is 0 Å². The SMILES string of the molecule is CNCCc1nc(-c2cc(C(C)(C)C)ccc2C)cs1. The van der Waals surface area contributed by atoms with Crippen LogP contribution >= 0.6 is 11.3 Å². The number of benzene rings is 1. The number of nitrogens with zero attached hydrogens (tertiary/aromatic N) is 1. The van der Waals surface area contributed by atoms with E-state index in [1.54, 1.807) is 11.3 Å². The predicted octanol–water partition coefficient (Wildman–Crippen LogP) is 4.18. The van der Waals surface area contributed by atoms with Gasteiger partial charge in [0.2, 0.25) is 0 Å². The van der Waals surface area contributed by atoms with Gasteiger partial charge in [-0.15, -0.1) is 11.3 Å². The number of hydrogen-bond donors (Lipinski definition) is 1. The monoisotopic (exact) mass is 288 g/mol. The average Bonchev–Trinajstić information content (AvgIpc) is 2.84. The molecule has 0 fully saturated rings. The van der Waals surface area contributed by atoms with E-state index in [4.69, 9.17) is 4.98 Å².